The molecule has 1 aliphatic carbocycles. The largest absolute Gasteiger partial charge is 0.490 e. The van der Waals surface area contributed by atoms with Crippen molar-refractivity contribution in [1.29, 1.82) is 0 Å². The van der Waals surface area contributed by atoms with E-state index in [4.69, 9.17) is 27.9 Å². The molecule has 0 spiro atoms. The molecule has 1 saturated carbocycles. The Balaban J connectivity index is 1.72. The number of benzene rings is 3. The number of hydrogen-bond donors (Lipinski definition) is 1. The van der Waals surface area contributed by atoms with Crippen molar-refractivity contribution >= 4 is 45.6 Å². The minimum Gasteiger partial charge on any atom is -0.490 e. The number of anilines is 1. The number of carbonyl (C=O) groups is 1. The second kappa shape index (κ2) is 9.72. The third-order valence-corrected chi connectivity index (χ3v) is 7.17. The van der Waals surface area contributed by atoms with E-state index in [1.807, 2.05) is 48.5 Å². The molecule has 0 aromatic heterocycles. The van der Waals surface area contributed by atoms with Crippen LogP contribution in [0, 0.1) is 0 Å². The van der Waals surface area contributed by atoms with Gasteiger partial charge in [0.05, 0.1) is 11.5 Å². The molecule has 32 heavy (non-hydrogen) atoms. The molecule has 0 aliphatic heterocycles. The Labute approximate surface area is 200 Å². The molecule has 1 N–H and O–H groups in total. The highest BCUT2D eigenvalue weighted by atomic mass is 35.5. The van der Waals surface area contributed by atoms with E-state index >= 15 is 0 Å². The quantitative estimate of drug-likeness (QED) is 0.395. The maximum atomic E-state index is 13.8. The molecule has 0 radical (unpaired) electrons. The molecule has 1 fully saturated rings. The highest BCUT2D eigenvalue weighted by Crippen LogP contribution is 2.44. The number of ether oxygens (including phenoxy) is 1. The van der Waals surface area contributed by atoms with Crippen LogP contribution in [0.3, 0.4) is 0 Å². The fraction of sp³-hybridized carbons (Fsp3) is 0.370. The first-order valence-corrected chi connectivity index (χ1v) is 12.2. The van der Waals surface area contributed by atoms with E-state index in [9.17, 15) is 4.79 Å². The van der Waals surface area contributed by atoms with Crippen molar-refractivity contribution in [3.63, 3.8) is 0 Å². The van der Waals surface area contributed by atoms with Gasteiger partial charge in [0, 0.05) is 26.5 Å². The fourth-order valence-corrected chi connectivity index (χ4v) is 5.27. The van der Waals surface area contributed by atoms with Gasteiger partial charge in [-0.1, -0.05) is 79.7 Å². The number of hydrogen-bond acceptors (Lipinski definition) is 2. The SMILES string of the molecule is CC[C@@H](C)Oc1ccc(NC(=O)C2(c3ccc(Cl)cc3Cl)CCCCC2)c2ccccc12. The van der Waals surface area contributed by atoms with E-state index < -0.39 is 5.41 Å². The summed E-state index contributed by atoms with van der Waals surface area (Å²) >= 11 is 12.7. The molecular weight excluding hydrogens is 441 g/mol. The van der Waals surface area contributed by atoms with Crippen LogP contribution in [0.2, 0.25) is 10.0 Å². The molecule has 1 atom stereocenters. The van der Waals surface area contributed by atoms with Crippen molar-refractivity contribution < 1.29 is 9.53 Å². The summed E-state index contributed by atoms with van der Waals surface area (Å²) in [6.07, 6.45) is 5.71. The standard InChI is InChI=1S/C27H29Cl2NO2/c1-3-18(2)32-25-14-13-24(20-9-5-6-10-21(20)25)30-26(31)27(15-7-4-8-16-27)22-12-11-19(28)17-23(22)29/h5-6,9-14,17-18H,3-4,7-8,15-16H2,1-2H3,(H,30,31)/t18-/m1/s1. The van der Waals surface area contributed by atoms with Gasteiger partial charge in [-0.05, 0) is 56.0 Å². The Morgan fingerprint density at radius 1 is 1.03 bits per heavy atom. The highest BCUT2D eigenvalue weighted by Gasteiger charge is 2.42. The summed E-state index contributed by atoms with van der Waals surface area (Å²) in [5, 5.41) is 6.33. The van der Waals surface area contributed by atoms with Crippen LogP contribution in [0.15, 0.2) is 54.6 Å². The van der Waals surface area contributed by atoms with Crippen molar-refractivity contribution in [2.75, 3.05) is 5.32 Å². The number of carbonyl (C=O) groups excluding carboxylic acids is 1. The lowest BCUT2D eigenvalue weighted by Crippen LogP contribution is -2.42. The summed E-state index contributed by atoms with van der Waals surface area (Å²) in [5.41, 5.74) is 0.992. The van der Waals surface area contributed by atoms with Gasteiger partial charge in [-0.25, -0.2) is 0 Å². The van der Waals surface area contributed by atoms with Crippen LogP contribution >= 0.6 is 23.2 Å². The van der Waals surface area contributed by atoms with Gasteiger partial charge in [-0.2, -0.15) is 0 Å². The molecule has 168 valence electrons. The zero-order chi connectivity index (χ0) is 22.7. The maximum absolute atomic E-state index is 13.8. The van der Waals surface area contributed by atoms with E-state index in [0.29, 0.717) is 10.0 Å². The molecule has 0 heterocycles. The smallest absolute Gasteiger partial charge is 0.235 e. The first-order valence-electron chi connectivity index (χ1n) is 11.4. The molecule has 3 nitrogen and oxygen atoms in total. The molecule has 0 unspecified atom stereocenters. The van der Waals surface area contributed by atoms with E-state index in [1.165, 1.54) is 0 Å². The Kier molecular flexibility index (Phi) is 6.97. The van der Waals surface area contributed by atoms with Gasteiger partial charge in [0.15, 0.2) is 0 Å². The van der Waals surface area contributed by atoms with Crippen LogP contribution in [0.25, 0.3) is 10.8 Å². The van der Waals surface area contributed by atoms with Crippen LogP contribution < -0.4 is 10.1 Å². The second-order valence-electron chi connectivity index (χ2n) is 8.71. The summed E-state index contributed by atoms with van der Waals surface area (Å²) < 4.78 is 6.13. The predicted molar refractivity (Wildman–Crippen MR) is 134 cm³/mol. The topological polar surface area (TPSA) is 38.3 Å². The summed E-state index contributed by atoms with van der Waals surface area (Å²) in [4.78, 5) is 13.8. The Bertz CT molecular complexity index is 1120. The van der Waals surface area contributed by atoms with Crippen LogP contribution in [-0.4, -0.2) is 12.0 Å². The number of fused-ring (bicyclic) bond motifs is 1. The Morgan fingerprint density at radius 3 is 2.44 bits per heavy atom. The van der Waals surface area contributed by atoms with E-state index in [0.717, 1.165) is 66.3 Å². The lowest BCUT2D eigenvalue weighted by atomic mass is 9.68. The molecule has 5 heteroatoms. The van der Waals surface area contributed by atoms with Gasteiger partial charge in [-0.15, -0.1) is 0 Å². The van der Waals surface area contributed by atoms with Gasteiger partial charge < -0.3 is 10.1 Å². The summed E-state index contributed by atoms with van der Waals surface area (Å²) in [5.74, 6) is 0.822. The molecule has 1 amide bonds. The zero-order valence-corrected chi connectivity index (χ0v) is 20.1. The Morgan fingerprint density at radius 2 is 1.75 bits per heavy atom. The van der Waals surface area contributed by atoms with Crippen molar-refractivity contribution in [2.24, 2.45) is 0 Å². The second-order valence-corrected chi connectivity index (χ2v) is 9.56. The van der Waals surface area contributed by atoms with Gasteiger partial charge >= 0.3 is 0 Å². The molecule has 3 aromatic rings. The highest BCUT2D eigenvalue weighted by molar-refractivity contribution is 6.35. The third-order valence-electron chi connectivity index (χ3n) is 6.62. The fourth-order valence-electron chi connectivity index (χ4n) is 4.68. The van der Waals surface area contributed by atoms with Crippen molar-refractivity contribution in [3.8, 4) is 5.75 Å². The summed E-state index contributed by atoms with van der Waals surface area (Å²) in [6.45, 7) is 4.17. The molecule has 4 rings (SSSR count). The first-order chi connectivity index (χ1) is 15.4. The van der Waals surface area contributed by atoms with Crippen LogP contribution in [0.5, 0.6) is 5.75 Å². The molecule has 0 bridgehead atoms. The molecule has 1 aliphatic rings. The number of amides is 1. The van der Waals surface area contributed by atoms with E-state index in [-0.39, 0.29) is 12.0 Å². The van der Waals surface area contributed by atoms with E-state index in [1.54, 1.807) is 6.07 Å². The lowest BCUT2D eigenvalue weighted by Gasteiger charge is -2.37. The van der Waals surface area contributed by atoms with Gasteiger partial charge in [-0.3, -0.25) is 4.79 Å². The monoisotopic (exact) mass is 469 g/mol. The van der Waals surface area contributed by atoms with Crippen molar-refractivity contribution in [2.45, 2.75) is 63.9 Å². The normalized spacial score (nSPS) is 16.5. The minimum atomic E-state index is -0.660. The average Bonchev–Trinajstić information content (AvgIpc) is 2.81. The van der Waals surface area contributed by atoms with E-state index in [2.05, 4.69) is 19.2 Å². The summed E-state index contributed by atoms with van der Waals surface area (Å²) in [7, 11) is 0. The molecule has 3 aromatic carbocycles. The Hall–Kier alpha value is -2.23. The lowest BCUT2D eigenvalue weighted by molar-refractivity contribution is -0.122. The van der Waals surface area contributed by atoms with Crippen molar-refractivity contribution in [1.82, 2.24) is 0 Å². The van der Waals surface area contributed by atoms with Gasteiger partial charge in [0.25, 0.3) is 0 Å². The van der Waals surface area contributed by atoms with Crippen LogP contribution in [-0.2, 0) is 10.2 Å². The predicted octanol–water partition coefficient (Wildman–Crippen LogP) is 8.16. The molecular formula is C27H29Cl2NO2. The minimum absolute atomic E-state index is 0.0119. The maximum Gasteiger partial charge on any atom is 0.235 e. The van der Waals surface area contributed by atoms with Crippen LogP contribution in [0.1, 0.15) is 57.9 Å². The van der Waals surface area contributed by atoms with Gasteiger partial charge in [0.2, 0.25) is 5.91 Å². The van der Waals surface area contributed by atoms with Gasteiger partial charge in [0.1, 0.15) is 5.75 Å². The van der Waals surface area contributed by atoms with Crippen molar-refractivity contribution in [3.05, 3.63) is 70.2 Å². The molecule has 0 saturated heterocycles. The van der Waals surface area contributed by atoms with Crippen LogP contribution in [0.4, 0.5) is 5.69 Å². The number of rotatable bonds is 6. The number of halogens is 2. The average molecular weight is 470 g/mol. The number of nitrogens with one attached hydrogen (secondary N) is 1. The summed E-state index contributed by atoms with van der Waals surface area (Å²) in [6, 6.07) is 17.4. The first kappa shape index (κ1) is 22.9. The third kappa shape index (κ3) is 4.46. The zero-order valence-electron chi connectivity index (χ0n) is 18.6.